The highest BCUT2D eigenvalue weighted by Crippen LogP contribution is 2.13. The molecule has 0 aromatic heterocycles. The molecule has 0 heterocycles. The molecule has 1 aromatic rings. The standard InChI is InChI=1S/C17H29NO3/c1-4-20-12-10-18(11-13-21-5-2)15(3)14-16-6-8-17(19)9-7-16/h6-9,15,19H,4-5,10-14H2,1-3H3. The molecule has 4 nitrogen and oxygen atoms in total. The van der Waals surface area contributed by atoms with E-state index >= 15 is 0 Å². The Kier molecular flexibility index (Phi) is 9.06. The van der Waals surface area contributed by atoms with Crippen molar-refractivity contribution in [2.45, 2.75) is 33.2 Å². The minimum Gasteiger partial charge on any atom is -0.508 e. The summed E-state index contributed by atoms with van der Waals surface area (Å²) in [5.41, 5.74) is 1.23. The van der Waals surface area contributed by atoms with Crippen molar-refractivity contribution in [3.8, 4) is 5.75 Å². The summed E-state index contributed by atoms with van der Waals surface area (Å²) in [6.07, 6.45) is 0.957. The van der Waals surface area contributed by atoms with Crippen LogP contribution in [0.3, 0.4) is 0 Å². The van der Waals surface area contributed by atoms with Gasteiger partial charge in [0.25, 0.3) is 0 Å². The maximum atomic E-state index is 9.34. The minimum absolute atomic E-state index is 0.316. The lowest BCUT2D eigenvalue weighted by atomic mass is 10.1. The number of hydrogen-bond donors (Lipinski definition) is 1. The average molecular weight is 295 g/mol. The second-order valence-electron chi connectivity index (χ2n) is 5.15. The van der Waals surface area contributed by atoms with Crippen LogP contribution < -0.4 is 0 Å². The van der Waals surface area contributed by atoms with Crippen molar-refractivity contribution in [1.29, 1.82) is 0 Å². The Morgan fingerprint density at radius 2 is 1.52 bits per heavy atom. The van der Waals surface area contributed by atoms with Crippen LogP contribution in [0.15, 0.2) is 24.3 Å². The Morgan fingerprint density at radius 3 is 2.00 bits per heavy atom. The lowest BCUT2D eigenvalue weighted by molar-refractivity contribution is 0.0663. The first-order valence-corrected chi connectivity index (χ1v) is 7.84. The van der Waals surface area contributed by atoms with Crippen LogP contribution in [0.1, 0.15) is 26.3 Å². The number of phenols is 1. The van der Waals surface area contributed by atoms with E-state index in [1.165, 1.54) is 5.56 Å². The third-order valence-electron chi connectivity index (χ3n) is 3.54. The zero-order valence-electron chi connectivity index (χ0n) is 13.5. The molecule has 1 unspecified atom stereocenters. The first kappa shape index (κ1) is 18.0. The van der Waals surface area contributed by atoms with Crippen molar-refractivity contribution < 1.29 is 14.6 Å². The number of phenolic OH excluding ortho intramolecular Hbond substituents is 1. The summed E-state index contributed by atoms with van der Waals surface area (Å²) in [5, 5.41) is 9.34. The fourth-order valence-corrected chi connectivity index (χ4v) is 2.31. The Morgan fingerprint density at radius 1 is 1.00 bits per heavy atom. The molecule has 21 heavy (non-hydrogen) atoms. The largest absolute Gasteiger partial charge is 0.508 e. The number of nitrogens with zero attached hydrogens (tertiary/aromatic N) is 1. The van der Waals surface area contributed by atoms with Crippen molar-refractivity contribution in [3.63, 3.8) is 0 Å². The molecule has 0 aliphatic carbocycles. The highest BCUT2D eigenvalue weighted by atomic mass is 16.5. The fraction of sp³-hybridized carbons (Fsp3) is 0.647. The molecule has 1 rings (SSSR count). The fourth-order valence-electron chi connectivity index (χ4n) is 2.31. The molecule has 1 aromatic carbocycles. The van der Waals surface area contributed by atoms with Gasteiger partial charge in [0.15, 0.2) is 0 Å². The zero-order chi connectivity index (χ0) is 15.5. The molecule has 0 saturated carbocycles. The first-order valence-electron chi connectivity index (χ1n) is 7.84. The second kappa shape index (κ2) is 10.6. The molecule has 0 bridgehead atoms. The van der Waals surface area contributed by atoms with E-state index in [0.717, 1.165) is 45.9 Å². The van der Waals surface area contributed by atoms with Gasteiger partial charge in [-0.25, -0.2) is 0 Å². The molecule has 1 N–H and O–H groups in total. The molecule has 0 amide bonds. The number of benzene rings is 1. The predicted molar refractivity (Wildman–Crippen MR) is 85.8 cm³/mol. The third-order valence-corrected chi connectivity index (χ3v) is 3.54. The van der Waals surface area contributed by atoms with Gasteiger partial charge >= 0.3 is 0 Å². The lowest BCUT2D eigenvalue weighted by Crippen LogP contribution is -2.39. The van der Waals surface area contributed by atoms with Gasteiger partial charge in [0.2, 0.25) is 0 Å². The van der Waals surface area contributed by atoms with Gasteiger partial charge in [0.05, 0.1) is 13.2 Å². The molecular formula is C17H29NO3. The van der Waals surface area contributed by atoms with E-state index in [0.29, 0.717) is 11.8 Å². The zero-order valence-corrected chi connectivity index (χ0v) is 13.5. The highest BCUT2D eigenvalue weighted by Gasteiger charge is 2.14. The third kappa shape index (κ3) is 7.46. The topological polar surface area (TPSA) is 41.9 Å². The summed E-state index contributed by atoms with van der Waals surface area (Å²) in [6.45, 7) is 11.1. The molecular weight excluding hydrogens is 266 g/mol. The van der Waals surface area contributed by atoms with Gasteiger partial charge in [-0.2, -0.15) is 0 Å². The smallest absolute Gasteiger partial charge is 0.115 e. The van der Waals surface area contributed by atoms with Gasteiger partial charge < -0.3 is 14.6 Å². The van der Waals surface area contributed by atoms with Crippen molar-refractivity contribution >= 4 is 0 Å². The van der Waals surface area contributed by atoms with Gasteiger partial charge in [-0.05, 0) is 44.9 Å². The SMILES string of the molecule is CCOCCN(CCOCC)C(C)Cc1ccc(O)cc1. The van der Waals surface area contributed by atoms with Crippen LogP contribution in [0.4, 0.5) is 0 Å². The summed E-state index contributed by atoms with van der Waals surface area (Å²) < 4.78 is 10.9. The Bertz CT molecular complexity index is 357. The van der Waals surface area contributed by atoms with Crippen LogP contribution in [-0.2, 0) is 15.9 Å². The van der Waals surface area contributed by atoms with E-state index in [-0.39, 0.29) is 0 Å². The van der Waals surface area contributed by atoms with Gasteiger partial charge in [-0.1, -0.05) is 12.1 Å². The van der Waals surface area contributed by atoms with Crippen LogP contribution >= 0.6 is 0 Å². The van der Waals surface area contributed by atoms with E-state index in [1.54, 1.807) is 12.1 Å². The van der Waals surface area contributed by atoms with Gasteiger partial charge in [0.1, 0.15) is 5.75 Å². The van der Waals surface area contributed by atoms with Gasteiger partial charge in [-0.15, -0.1) is 0 Å². The molecule has 0 aliphatic heterocycles. The average Bonchev–Trinajstić information content (AvgIpc) is 2.48. The van der Waals surface area contributed by atoms with Crippen LogP contribution in [0.25, 0.3) is 0 Å². The Labute approximate surface area is 128 Å². The van der Waals surface area contributed by atoms with Crippen molar-refractivity contribution in [1.82, 2.24) is 4.90 Å². The Hall–Kier alpha value is -1.10. The molecule has 0 radical (unpaired) electrons. The molecule has 4 heteroatoms. The van der Waals surface area contributed by atoms with E-state index in [4.69, 9.17) is 9.47 Å². The van der Waals surface area contributed by atoms with Gasteiger partial charge in [-0.3, -0.25) is 4.90 Å². The number of rotatable bonds is 11. The van der Waals surface area contributed by atoms with E-state index < -0.39 is 0 Å². The minimum atomic E-state index is 0.316. The molecule has 1 atom stereocenters. The Balaban J connectivity index is 2.51. The predicted octanol–water partition coefficient (Wildman–Crippen LogP) is 2.70. The van der Waals surface area contributed by atoms with Crippen molar-refractivity contribution in [2.75, 3.05) is 39.5 Å². The van der Waals surface area contributed by atoms with Crippen molar-refractivity contribution in [2.24, 2.45) is 0 Å². The van der Waals surface area contributed by atoms with Gasteiger partial charge in [0, 0.05) is 32.3 Å². The summed E-state index contributed by atoms with van der Waals surface area (Å²) in [6, 6.07) is 7.86. The number of hydrogen-bond acceptors (Lipinski definition) is 4. The molecule has 0 fully saturated rings. The monoisotopic (exact) mass is 295 g/mol. The van der Waals surface area contributed by atoms with Crippen molar-refractivity contribution in [3.05, 3.63) is 29.8 Å². The van der Waals surface area contributed by atoms with Crippen LogP contribution in [0.2, 0.25) is 0 Å². The molecule has 0 aliphatic rings. The summed E-state index contributed by atoms with van der Waals surface area (Å²) in [5.74, 6) is 0.316. The number of ether oxygens (including phenoxy) is 2. The second-order valence-corrected chi connectivity index (χ2v) is 5.15. The molecule has 0 spiro atoms. The summed E-state index contributed by atoms with van der Waals surface area (Å²) in [4.78, 5) is 2.40. The highest BCUT2D eigenvalue weighted by molar-refractivity contribution is 5.26. The van der Waals surface area contributed by atoms with E-state index in [2.05, 4.69) is 11.8 Å². The quantitative estimate of drug-likeness (QED) is 0.637. The maximum Gasteiger partial charge on any atom is 0.115 e. The van der Waals surface area contributed by atoms with E-state index in [9.17, 15) is 5.11 Å². The van der Waals surface area contributed by atoms with Crippen LogP contribution in [-0.4, -0.2) is 55.6 Å². The molecule has 120 valence electrons. The van der Waals surface area contributed by atoms with E-state index in [1.807, 2.05) is 26.0 Å². The summed E-state index contributed by atoms with van der Waals surface area (Å²) in [7, 11) is 0. The van der Waals surface area contributed by atoms with Crippen LogP contribution in [0, 0.1) is 0 Å². The number of aromatic hydroxyl groups is 1. The van der Waals surface area contributed by atoms with Crippen LogP contribution in [0.5, 0.6) is 5.75 Å². The summed E-state index contributed by atoms with van der Waals surface area (Å²) >= 11 is 0. The molecule has 0 saturated heterocycles. The lowest BCUT2D eigenvalue weighted by Gasteiger charge is -2.29. The maximum absolute atomic E-state index is 9.34. The first-order chi connectivity index (χ1) is 10.2. The normalized spacial score (nSPS) is 12.8.